The van der Waals surface area contributed by atoms with Crippen LogP contribution in [0.3, 0.4) is 0 Å². The quantitative estimate of drug-likeness (QED) is 0.741. The summed E-state index contributed by atoms with van der Waals surface area (Å²) in [5.74, 6) is 0.497. The maximum atomic E-state index is 13.3. The Morgan fingerprint density at radius 3 is 2.56 bits per heavy atom. The average Bonchev–Trinajstić information content (AvgIpc) is 2.33. The molecular weight excluding hydrogens is 293 g/mol. The van der Waals surface area contributed by atoms with Crippen molar-refractivity contribution in [3.8, 4) is 0 Å². The molecule has 0 amide bonds. The summed E-state index contributed by atoms with van der Waals surface area (Å²) in [6.07, 6.45) is 3.38. The van der Waals surface area contributed by atoms with Crippen LogP contribution in [0.2, 0.25) is 0 Å². The zero-order valence-corrected chi connectivity index (χ0v) is 13.1. The molecule has 0 aliphatic carbocycles. The lowest BCUT2D eigenvalue weighted by Crippen LogP contribution is -2.22. The molecule has 0 aliphatic heterocycles. The van der Waals surface area contributed by atoms with Crippen molar-refractivity contribution in [2.45, 2.75) is 46.1 Å². The van der Waals surface area contributed by atoms with Gasteiger partial charge >= 0.3 is 0 Å². The Balaban J connectivity index is 2.76. The van der Waals surface area contributed by atoms with Crippen LogP contribution in [0, 0.1) is 11.7 Å². The van der Waals surface area contributed by atoms with Gasteiger partial charge in [0.2, 0.25) is 0 Å². The van der Waals surface area contributed by atoms with E-state index in [9.17, 15) is 4.39 Å². The Labute approximate surface area is 118 Å². The van der Waals surface area contributed by atoms with E-state index in [1.165, 1.54) is 12.5 Å². The van der Waals surface area contributed by atoms with Crippen molar-refractivity contribution in [1.29, 1.82) is 0 Å². The van der Waals surface area contributed by atoms with E-state index >= 15 is 0 Å². The smallest absolute Gasteiger partial charge is 0.137 e. The first-order valence-corrected chi connectivity index (χ1v) is 7.52. The van der Waals surface area contributed by atoms with Gasteiger partial charge in [-0.2, -0.15) is 0 Å². The third kappa shape index (κ3) is 5.07. The Kier molecular flexibility index (Phi) is 6.87. The van der Waals surface area contributed by atoms with Gasteiger partial charge in [-0.1, -0.05) is 26.8 Å². The number of hydrogen-bond acceptors (Lipinski definition) is 1. The zero-order valence-electron chi connectivity index (χ0n) is 11.5. The van der Waals surface area contributed by atoms with Crippen LogP contribution in [-0.4, -0.2) is 6.54 Å². The van der Waals surface area contributed by atoms with Crippen LogP contribution >= 0.6 is 15.9 Å². The third-order valence-electron chi connectivity index (χ3n) is 3.02. The molecule has 0 saturated heterocycles. The third-order valence-corrected chi connectivity index (χ3v) is 3.63. The van der Waals surface area contributed by atoms with E-state index < -0.39 is 0 Å². The van der Waals surface area contributed by atoms with Crippen LogP contribution < -0.4 is 5.32 Å². The molecule has 0 aromatic heterocycles. The summed E-state index contributed by atoms with van der Waals surface area (Å²) in [6, 6.07) is 5.64. The molecule has 0 saturated carbocycles. The van der Waals surface area contributed by atoms with E-state index in [2.05, 4.69) is 42.0 Å². The first-order valence-electron chi connectivity index (χ1n) is 6.73. The number of benzene rings is 1. The second-order valence-electron chi connectivity index (χ2n) is 5.15. The van der Waals surface area contributed by atoms with Gasteiger partial charge in [0.25, 0.3) is 0 Å². The predicted octanol–water partition coefficient (Wildman–Crippen LogP) is 5.07. The molecule has 0 heterocycles. The van der Waals surface area contributed by atoms with Gasteiger partial charge in [-0.05, 0) is 65.4 Å². The minimum absolute atomic E-state index is 0.197. The molecule has 18 heavy (non-hydrogen) atoms. The average molecular weight is 316 g/mol. The minimum Gasteiger partial charge on any atom is -0.310 e. The van der Waals surface area contributed by atoms with Crippen molar-refractivity contribution in [2.24, 2.45) is 5.92 Å². The van der Waals surface area contributed by atoms with Crippen LogP contribution in [0.1, 0.15) is 51.6 Å². The lowest BCUT2D eigenvalue weighted by atomic mass is 9.97. The van der Waals surface area contributed by atoms with E-state index in [-0.39, 0.29) is 5.82 Å². The largest absolute Gasteiger partial charge is 0.310 e. The molecule has 1 rings (SSSR count). The van der Waals surface area contributed by atoms with Crippen molar-refractivity contribution in [3.05, 3.63) is 34.1 Å². The zero-order chi connectivity index (χ0) is 13.5. The summed E-state index contributed by atoms with van der Waals surface area (Å²) < 4.78 is 13.8. The van der Waals surface area contributed by atoms with Crippen molar-refractivity contribution in [1.82, 2.24) is 5.32 Å². The Hall–Kier alpha value is -0.410. The highest BCUT2D eigenvalue weighted by atomic mass is 79.9. The van der Waals surface area contributed by atoms with Gasteiger partial charge in [0.1, 0.15) is 5.82 Å². The van der Waals surface area contributed by atoms with Crippen LogP contribution in [0.5, 0.6) is 0 Å². The molecule has 0 aliphatic rings. The van der Waals surface area contributed by atoms with Gasteiger partial charge in [-0.25, -0.2) is 4.39 Å². The first kappa shape index (κ1) is 15.6. The van der Waals surface area contributed by atoms with E-state index in [1.54, 1.807) is 0 Å². The Morgan fingerprint density at radius 1 is 1.28 bits per heavy atom. The molecule has 0 bridgehead atoms. The van der Waals surface area contributed by atoms with Gasteiger partial charge in [0.05, 0.1) is 4.47 Å². The highest BCUT2D eigenvalue weighted by Crippen LogP contribution is 2.25. The van der Waals surface area contributed by atoms with E-state index in [4.69, 9.17) is 0 Å². The highest BCUT2D eigenvalue weighted by molar-refractivity contribution is 9.10. The fourth-order valence-corrected chi connectivity index (χ4v) is 2.33. The van der Waals surface area contributed by atoms with Crippen LogP contribution in [0.15, 0.2) is 22.7 Å². The second-order valence-corrected chi connectivity index (χ2v) is 6.01. The summed E-state index contributed by atoms with van der Waals surface area (Å²) in [7, 11) is 0. The molecule has 1 aromatic carbocycles. The van der Waals surface area contributed by atoms with E-state index in [1.807, 2.05) is 12.1 Å². The summed E-state index contributed by atoms with van der Waals surface area (Å²) >= 11 is 3.26. The molecule has 0 fully saturated rings. The molecule has 1 unspecified atom stereocenters. The molecule has 0 radical (unpaired) electrons. The number of nitrogens with one attached hydrogen (secondary N) is 1. The van der Waals surface area contributed by atoms with Crippen LogP contribution in [0.25, 0.3) is 0 Å². The molecule has 3 heteroatoms. The number of hydrogen-bond donors (Lipinski definition) is 1. The molecular formula is C15H23BrFN. The standard InChI is InChI=1S/C15H23BrFN/c1-4-9-18-15(8-5-11(2)3)12-6-7-14(17)13(16)10-12/h6-7,10-11,15,18H,4-5,8-9H2,1-3H3. The summed E-state index contributed by atoms with van der Waals surface area (Å²) in [6.45, 7) is 7.62. The van der Waals surface area contributed by atoms with Gasteiger partial charge in [0, 0.05) is 6.04 Å². The van der Waals surface area contributed by atoms with Gasteiger partial charge < -0.3 is 5.32 Å². The van der Waals surface area contributed by atoms with Crippen molar-refractivity contribution in [3.63, 3.8) is 0 Å². The molecule has 1 nitrogen and oxygen atoms in total. The highest BCUT2D eigenvalue weighted by Gasteiger charge is 2.13. The van der Waals surface area contributed by atoms with Gasteiger partial charge in [-0.15, -0.1) is 0 Å². The summed E-state index contributed by atoms with van der Waals surface area (Å²) in [5.41, 5.74) is 1.16. The molecule has 1 aromatic rings. The molecule has 1 atom stereocenters. The lowest BCUT2D eigenvalue weighted by Gasteiger charge is -2.20. The number of rotatable bonds is 7. The minimum atomic E-state index is -0.197. The maximum absolute atomic E-state index is 13.3. The fraction of sp³-hybridized carbons (Fsp3) is 0.600. The molecule has 102 valence electrons. The second kappa shape index (κ2) is 7.90. The Morgan fingerprint density at radius 2 is 2.00 bits per heavy atom. The van der Waals surface area contributed by atoms with E-state index in [0.29, 0.717) is 16.4 Å². The van der Waals surface area contributed by atoms with Gasteiger partial charge in [-0.3, -0.25) is 0 Å². The maximum Gasteiger partial charge on any atom is 0.137 e. The van der Waals surface area contributed by atoms with Gasteiger partial charge in [0.15, 0.2) is 0 Å². The predicted molar refractivity (Wildman–Crippen MR) is 79.2 cm³/mol. The van der Waals surface area contributed by atoms with Crippen molar-refractivity contribution in [2.75, 3.05) is 6.54 Å². The molecule has 1 N–H and O–H groups in total. The topological polar surface area (TPSA) is 12.0 Å². The van der Waals surface area contributed by atoms with E-state index in [0.717, 1.165) is 24.9 Å². The number of halogens is 2. The summed E-state index contributed by atoms with van der Waals surface area (Å²) in [4.78, 5) is 0. The molecule has 0 spiro atoms. The normalized spacial score (nSPS) is 13.0. The lowest BCUT2D eigenvalue weighted by molar-refractivity contribution is 0.440. The SMILES string of the molecule is CCCNC(CCC(C)C)c1ccc(F)c(Br)c1. The van der Waals surface area contributed by atoms with Crippen molar-refractivity contribution < 1.29 is 4.39 Å². The first-order chi connectivity index (χ1) is 8.54. The Bertz CT molecular complexity index is 366. The summed E-state index contributed by atoms with van der Waals surface area (Å²) in [5, 5.41) is 3.54. The monoisotopic (exact) mass is 315 g/mol. The van der Waals surface area contributed by atoms with Crippen LogP contribution in [-0.2, 0) is 0 Å². The fourth-order valence-electron chi connectivity index (χ4n) is 1.93. The van der Waals surface area contributed by atoms with Crippen molar-refractivity contribution >= 4 is 15.9 Å². The van der Waals surface area contributed by atoms with Crippen LogP contribution in [0.4, 0.5) is 4.39 Å².